The Labute approximate surface area is 106 Å². The van der Waals surface area contributed by atoms with Gasteiger partial charge in [-0.2, -0.15) is 0 Å². The van der Waals surface area contributed by atoms with Crippen molar-refractivity contribution in [1.82, 2.24) is 5.32 Å². The standard InChI is InChI=1S/C12H14N2O2.ClH/c1-8-9-4-2-3-5-10(9)16-11(8)12(15)14-7-6-13;/h2-5H,6-7,13H2,1H3,(H,14,15);1H. The van der Waals surface area contributed by atoms with E-state index in [-0.39, 0.29) is 18.3 Å². The van der Waals surface area contributed by atoms with Crippen LogP contribution in [0.25, 0.3) is 11.0 Å². The Morgan fingerprint density at radius 1 is 1.41 bits per heavy atom. The Balaban J connectivity index is 0.00000144. The second-order valence-electron chi connectivity index (χ2n) is 3.60. The van der Waals surface area contributed by atoms with Crippen LogP contribution < -0.4 is 11.1 Å². The number of halogens is 1. The van der Waals surface area contributed by atoms with Crippen LogP contribution in [0.1, 0.15) is 16.1 Å². The highest BCUT2D eigenvalue weighted by molar-refractivity contribution is 5.98. The summed E-state index contributed by atoms with van der Waals surface area (Å²) in [7, 11) is 0. The third kappa shape index (κ3) is 2.60. The van der Waals surface area contributed by atoms with E-state index in [0.717, 1.165) is 16.5 Å². The second kappa shape index (κ2) is 5.70. The van der Waals surface area contributed by atoms with E-state index in [1.807, 2.05) is 31.2 Å². The van der Waals surface area contributed by atoms with Gasteiger partial charge < -0.3 is 15.5 Å². The SMILES string of the molecule is Cc1c(C(=O)NCCN)oc2ccccc12.Cl. The molecule has 0 aliphatic carbocycles. The molecule has 1 aromatic heterocycles. The molecule has 0 fully saturated rings. The van der Waals surface area contributed by atoms with Crippen molar-refractivity contribution < 1.29 is 9.21 Å². The first kappa shape index (κ1) is 13.5. The predicted octanol–water partition coefficient (Wildman–Crippen LogP) is 1.85. The number of hydrogen-bond donors (Lipinski definition) is 2. The van der Waals surface area contributed by atoms with Crippen LogP contribution in [0.5, 0.6) is 0 Å². The lowest BCUT2D eigenvalue weighted by Gasteiger charge is -2.00. The zero-order valence-electron chi connectivity index (χ0n) is 9.53. The number of rotatable bonds is 3. The van der Waals surface area contributed by atoms with Crippen molar-refractivity contribution in [2.75, 3.05) is 13.1 Å². The predicted molar refractivity (Wildman–Crippen MR) is 69.6 cm³/mol. The van der Waals surface area contributed by atoms with Gasteiger partial charge in [0, 0.05) is 24.0 Å². The van der Waals surface area contributed by atoms with Crippen LogP contribution in [0, 0.1) is 6.92 Å². The number of fused-ring (bicyclic) bond motifs is 1. The van der Waals surface area contributed by atoms with E-state index in [9.17, 15) is 4.79 Å². The number of hydrogen-bond acceptors (Lipinski definition) is 3. The molecular formula is C12H15ClN2O2. The molecule has 0 unspecified atom stereocenters. The highest BCUT2D eigenvalue weighted by Gasteiger charge is 2.16. The Bertz CT molecular complexity index is 522. The summed E-state index contributed by atoms with van der Waals surface area (Å²) in [5.74, 6) is 0.161. The molecule has 1 amide bonds. The normalized spacial score (nSPS) is 10.0. The van der Waals surface area contributed by atoms with E-state index < -0.39 is 0 Å². The van der Waals surface area contributed by atoms with Crippen LogP contribution >= 0.6 is 12.4 Å². The zero-order valence-corrected chi connectivity index (χ0v) is 10.3. The molecule has 0 atom stereocenters. The molecule has 5 heteroatoms. The average Bonchev–Trinajstić information content (AvgIpc) is 2.64. The van der Waals surface area contributed by atoms with E-state index in [1.54, 1.807) is 0 Å². The molecule has 92 valence electrons. The van der Waals surface area contributed by atoms with Crippen molar-refractivity contribution in [3.8, 4) is 0 Å². The van der Waals surface area contributed by atoms with Gasteiger partial charge in [-0.1, -0.05) is 18.2 Å². The van der Waals surface area contributed by atoms with Gasteiger partial charge in [-0.3, -0.25) is 4.79 Å². The van der Waals surface area contributed by atoms with Crippen LogP contribution in [-0.2, 0) is 0 Å². The number of carbonyl (C=O) groups excluding carboxylic acids is 1. The van der Waals surface area contributed by atoms with Crippen molar-refractivity contribution in [2.24, 2.45) is 5.73 Å². The fourth-order valence-electron chi connectivity index (χ4n) is 1.66. The molecule has 2 rings (SSSR count). The van der Waals surface area contributed by atoms with Crippen molar-refractivity contribution in [1.29, 1.82) is 0 Å². The van der Waals surface area contributed by atoms with Gasteiger partial charge in [-0.25, -0.2) is 0 Å². The molecular weight excluding hydrogens is 240 g/mol. The highest BCUT2D eigenvalue weighted by Crippen LogP contribution is 2.24. The lowest BCUT2D eigenvalue weighted by atomic mass is 10.1. The summed E-state index contributed by atoms with van der Waals surface area (Å²) in [6.07, 6.45) is 0. The number of aryl methyl sites for hydroxylation is 1. The summed E-state index contributed by atoms with van der Waals surface area (Å²) in [4.78, 5) is 11.7. The van der Waals surface area contributed by atoms with Crippen molar-refractivity contribution in [3.05, 3.63) is 35.6 Å². The first-order chi connectivity index (χ1) is 7.74. The Kier molecular flexibility index (Phi) is 4.54. The van der Waals surface area contributed by atoms with E-state index in [4.69, 9.17) is 10.2 Å². The third-order valence-electron chi connectivity index (χ3n) is 2.48. The summed E-state index contributed by atoms with van der Waals surface area (Å²) in [5.41, 5.74) is 6.92. The quantitative estimate of drug-likeness (QED) is 0.878. The zero-order chi connectivity index (χ0) is 11.5. The number of carbonyl (C=O) groups is 1. The van der Waals surface area contributed by atoms with Crippen molar-refractivity contribution in [2.45, 2.75) is 6.92 Å². The molecule has 0 saturated heterocycles. The van der Waals surface area contributed by atoms with Crippen molar-refractivity contribution in [3.63, 3.8) is 0 Å². The van der Waals surface area contributed by atoms with Gasteiger partial charge >= 0.3 is 0 Å². The number of nitrogens with two attached hydrogens (primary N) is 1. The maximum absolute atomic E-state index is 11.7. The van der Waals surface area contributed by atoms with E-state index in [1.165, 1.54) is 0 Å². The third-order valence-corrected chi connectivity index (χ3v) is 2.48. The minimum absolute atomic E-state index is 0. The van der Waals surface area contributed by atoms with Crippen LogP contribution in [0.2, 0.25) is 0 Å². The number of amides is 1. The van der Waals surface area contributed by atoms with Crippen LogP contribution in [0.3, 0.4) is 0 Å². The molecule has 17 heavy (non-hydrogen) atoms. The topological polar surface area (TPSA) is 68.3 Å². The molecule has 2 aromatic rings. The van der Waals surface area contributed by atoms with Gasteiger partial charge in [-0.15, -0.1) is 12.4 Å². The van der Waals surface area contributed by atoms with Crippen LogP contribution in [0.4, 0.5) is 0 Å². The molecule has 0 saturated carbocycles. The van der Waals surface area contributed by atoms with E-state index in [0.29, 0.717) is 18.8 Å². The number of furan rings is 1. The number of benzene rings is 1. The van der Waals surface area contributed by atoms with Crippen molar-refractivity contribution >= 4 is 29.3 Å². The maximum Gasteiger partial charge on any atom is 0.287 e. The molecule has 1 heterocycles. The molecule has 3 N–H and O–H groups in total. The number of nitrogens with one attached hydrogen (secondary N) is 1. The van der Waals surface area contributed by atoms with E-state index in [2.05, 4.69) is 5.32 Å². The first-order valence-electron chi connectivity index (χ1n) is 5.20. The fourth-order valence-corrected chi connectivity index (χ4v) is 1.66. The Hall–Kier alpha value is -1.52. The molecule has 0 spiro atoms. The van der Waals surface area contributed by atoms with Gasteiger partial charge in [0.15, 0.2) is 5.76 Å². The van der Waals surface area contributed by atoms with Crippen LogP contribution in [-0.4, -0.2) is 19.0 Å². The van der Waals surface area contributed by atoms with Gasteiger partial charge in [0.1, 0.15) is 5.58 Å². The van der Waals surface area contributed by atoms with Gasteiger partial charge in [0.05, 0.1) is 0 Å². The molecule has 0 radical (unpaired) electrons. The van der Waals surface area contributed by atoms with E-state index >= 15 is 0 Å². The molecule has 0 aliphatic rings. The molecule has 4 nitrogen and oxygen atoms in total. The smallest absolute Gasteiger partial charge is 0.287 e. The fraction of sp³-hybridized carbons (Fsp3) is 0.250. The Morgan fingerprint density at radius 2 is 2.12 bits per heavy atom. The largest absolute Gasteiger partial charge is 0.451 e. The lowest BCUT2D eigenvalue weighted by Crippen LogP contribution is -2.29. The summed E-state index contributed by atoms with van der Waals surface area (Å²) < 4.78 is 5.50. The molecule has 0 aliphatic heterocycles. The molecule has 1 aromatic carbocycles. The summed E-state index contributed by atoms with van der Waals surface area (Å²) in [6.45, 7) is 2.75. The maximum atomic E-state index is 11.7. The second-order valence-corrected chi connectivity index (χ2v) is 3.60. The molecule has 0 bridgehead atoms. The minimum atomic E-state index is -0.209. The van der Waals surface area contributed by atoms with Gasteiger partial charge in [0.2, 0.25) is 0 Å². The summed E-state index contributed by atoms with van der Waals surface area (Å²) in [5, 5.41) is 3.67. The summed E-state index contributed by atoms with van der Waals surface area (Å²) >= 11 is 0. The summed E-state index contributed by atoms with van der Waals surface area (Å²) in [6, 6.07) is 7.59. The number of para-hydroxylation sites is 1. The van der Waals surface area contributed by atoms with Gasteiger partial charge in [0.25, 0.3) is 5.91 Å². The van der Waals surface area contributed by atoms with Gasteiger partial charge in [-0.05, 0) is 13.0 Å². The lowest BCUT2D eigenvalue weighted by molar-refractivity contribution is 0.0928. The average molecular weight is 255 g/mol. The van der Waals surface area contributed by atoms with Crippen LogP contribution in [0.15, 0.2) is 28.7 Å². The minimum Gasteiger partial charge on any atom is -0.451 e. The Morgan fingerprint density at radius 3 is 2.76 bits per heavy atom. The highest BCUT2D eigenvalue weighted by atomic mass is 35.5. The first-order valence-corrected chi connectivity index (χ1v) is 5.20. The monoisotopic (exact) mass is 254 g/mol.